The molecule has 0 aliphatic carbocycles. The van der Waals surface area contributed by atoms with Crippen molar-refractivity contribution in [2.75, 3.05) is 17.4 Å². The van der Waals surface area contributed by atoms with Crippen molar-refractivity contribution in [2.24, 2.45) is 0 Å². The number of hydrogen-bond acceptors (Lipinski definition) is 4. The zero-order valence-electron chi connectivity index (χ0n) is 20.9. The van der Waals surface area contributed by atoms with E-state index in [1.807, 2.05) is 31.2 Å². The molecule has 0 bridgehead atoms. The standard InChI is InChI=1S/C27H28BrCl2N3O4S/c1-3-12-31-27(35)19(2)32(17-20-8-7-9-21(28)13-20)26(34)18-33(24-15-22(29)14-23(30)16-24)38(36,37)25-10-5-4-6-11-25/h4-11,13-16,19H,3,12,17-18H2,1-2H3,(H,31,35)/t19-/m1/s1. The molecule has 0 saturated carbocycles. The van der Waals surface area contributed by atoms with Crippen molar-refractivity contribution in [3.63, 3.8) is 0 Å². The molecule has 0 aromatic heterocycles. The summed E-state index contributed by atoms with van der Waals surface area (Å²) in [6.07, 6.45) is 0.733. The third-order valence-corrected chi connectivity index (χ3v) is 8.42. The summed E-state index contributed by atoms with van der Waals surface area (Å²) >= 11 is 15.8. The third kappa shape index (κ3) is 7.72. The predicted molar refractivity (Wildman–Crippen MR) is 155 cm³/mol. The molecule has 0 unspecified atom stereocenters. The van der Waals surface area contributed by atoms with Crippen molar-refractivity contribution in [3.8, 4) is 0 Å². The summed E-state index contributed by atoms with van der Waals surface area (Å²) in [4.78, 5) is 28.1. The fraction of sp³-hybridized carbons (Fsp3) is 0.259. The third-order valence-electron chi connectivity index (χ3n) is 5.70. The molecule has 0 saturated heterocycles. The second-order valence-electron chi connectivity index (χ2n) is 8.57. The Morgan fingerprint density at radius 3 is 2.24 bits per heavy atom. The van der Waals surface area contributed by atoms with Crippen LogP contribution in [-0.2, 0) is 26.2 Å². The van der Waals surface area contributed by atoms with Gasteiger partial charge in [-0.3, -0.25) is 13.9 Å². The van der Waals surface area contributed by atoms with Crippen molar-refractivity contribution in [1.82, 2.24) is 10.2 Å². The summed E-state index contributed by atoms with van der Waals surface area (Å²) in [5.74, 6) is -0.904. The minimum Gasteiger partial charge on any atom is -0.354 e. The molecule has 2 amide bonds. The number of halogens is 3. The maximum Gasteiger partial charge on any atom is 0.264 e. The molecule has 0 heterocycles. The van der Waals surface area contributed by atoms with E-state index in [-0.39, 0.29) is 33.1 Å². The van der Waals surface area contributed by atoms with Gasteiger partial charge in [0.05, 0.1) is 10.6 Å². The Morgan fingerprint density at radius 1 is 0.974 bits per heavy atom. The van der Waals surface area contributed by atoms with Gasteiger partial charge in [0.25, 0.3) is 10.0 Å². The van der Waals surface area contributed by atoms with Crippen molar-refractivity contribution < 1.29 is 18.0 Å². The van der Waals surface area contributed by atoms with E-state index >= 15 is 0 Å². The van der Waals surface area contributed by atoms with Crippen LogP contribution < -0.4 is 9.62 Å². The van der Waals surface area contributed by atoms with Gasteiger partial charge in [-0.1, -0.05) is 76.4 Å². The number of nitrogens with one attached hydrogen (secondary N) is 1. The first-order valence-corrected chi connectivity index (χ1v) is 14.9. The van der Waals surface area contributed by atoms with E-state index in [0.29, 0.717) is 6.54 Å². The van der Waals surface area contributed by atoms with Crippen LogP contribution in [-0.4, -0.2) is 44.3 Å². The maximum absolute atomic E-state index is 13.8. The number of nitrogens with zero attached hydrogens (tertiary/aromatic N) is 2. The Bertz CT molecular complexity index is 1370. The number of hydrogen-bond donors (Lipinski definition) is 1. The van der Waals surface area contributed by atoms with E-state index in [9.17, 15) is 18.0 Å². The highest BCUT2D eigenvalue weighted by Gasteiger charge is 2.32. The molecule has 3 rings (SSSR count). The first-order chi connectivity index (χ1) is 18.0. The van der Waals surface area contributed by atoms with Gasteiger partial charge < -0.3 is 10.2 Å². The van der Waals surface area contributed by atoms with Crippen molar-refractivity contribution in [3.05, 3.63) is 92.9 Å². The highest BCUT2D eigenvalue weighted by atomic mass is 79.9. The summed E-state index contributed by atoms with van der Waals surface area (Å²) in [7, 11) is -4.20. The lowest BCUT2D eigenvalue weighted by atomic mass is 10.1. The van der Waals surface area contributed by atoms with Gasteiger partial charge in [0.1, 0.15) is 12.6 Å². The van der Waals surface area contributed by atoms with Crippen LogP contribution in [0.5, 0.6) is 0 Å². The largest absolute Gasteiger partial charge is 0.354 e. The zero-order valence-corrected chi connectivity index (χ0v) is 24.8. The summed E-state index contributed by atoms with van der Waals surface area (Å²) in [6.45, 7) is 3.52. The van der Waals surface area contributed by atoms with Crippen LogP contribution in [0, 0.1) is 0 Å². The van der Waals surface area contributed by atoms with Gasteiger partial charge in [-0.05, 0) is 61.4 Å². The molecule has 3 aromatic carbocycles. The average Bonchev–Trinajstić information content (AvgIpc) is 2.88. The first-order valence-electron chi connectivity index (χ1n) is 11.9. The Kier molecular flexibility index (Phi) is 10.6. The van der Waals surface area contributed by atoms with Gasteiger partial charge in [-0.25, -0.2) is 8.42 Å². The van der Waals surface area contributed by atoms with E-state index in [1.54, 1.807) is 25.1 Å². The SMILES string of the molecule is CCCNC(=O)[C@@H](C)N(Cc1cccc(Br)c1)C(=O)CN(c1cc(Cl)cc(Cl)c1)S(=O)(=O)c1ccccc1. The molecule has 3 aromatic rings. The quantitative estimate of drug-likeness (QED) is 0.283. The normalized spacial score (nSPS) is 12.0. The number of rotatable bonds is 11. The number of anilines is 1. The lowest BCUT2D eigenvalue weighted by Gasteiger charge is -2.32. The number of benzene rings is 3. The summed E-state index contributed by atoms with van der Waals surface area (Å²) in [5, 5.41) is 3.24. The fourth-order valence-electron chi connectivity index (χ4n) is 3.74. The van der Waals surface area contributed by atoms with Gasteiger partial charge >= 0.3 is 0 Å². The van der Waals surface area contributed by atoms with Crippen LogP contribution >= 0.6 is 39.1 Å². The Hall–Kier alpha value is -2.59. The molecular weight excluding hydrogens is 613 g/mol. The Morgan fingerprint density at radius 2 is 1.63 bits per heavy atom. The summed E-state index contributed by atoms with van der Waals surface area (Å²) in [6, 6.07) is 18.6. The average molecular weight is 641 g/mol. The van der Waals surface area contributed by atoms with Crippen molar-refractivity contribution in [2.45, 2.75) is 37.8 Å². The van der Waals surface area contributed by atoms with Gasteiger partial charge in [0, 0.05) is 27.6 Å². The van der Waals surface area contributed by atoms with Gasteiger partial charge in [0.15, 0.2) is 0 Å². The molecule has 0 radical (unpaired) electrons. The summed E-state index contributed by atoms with van der Waals surface area (Å²) < 4.78 is 29.3. The lowest BCUT2D eigenvalue weighted by molar-refractivity contribution is -0.139. The Labute approximate surface area is 241 Å². The smallest absolute Gasteiger partial charge is 0.264 e. The van der Waals surface area contributed by atoms with Crippen molar-refractivity contribution >= 4 is 66.7 Å². The predicted octanol–water partition coefficient (Wildman–Crippen LogP) is 5.89. The van der Waals surface area contributed by atoms with E-state index in [0.717, 1.165) is 20.8 Å². The van der Waals surface area contributed by atoms with E-state index in [2.05, 4.69) is 21.2 Å². The molecule has 38 heavy (non-hydrogen) atoms. The highest BCUT2D eigenvalue weighted by molar-refractivity contribution is 9.10. The molecule has 11 heteroatoms. The molecule has 0 spiro atoms. The lowest BCUT2D eigenvalue weighted by Crippen LogP contribution is -2.51. The van der Waals surface area contributed by atoms with Gasteiger partial charge in [-0.15, -0.1) is 0 Å². The minimum atomic E-state index is -4.20. The van der Waals surface area contributed by atoms with E-state index in [4.69, 9.17) is 23.2 Å². The monoisotopic (exact) mass is 639 g/mol. The molecular formula is C27H28BrCl2N3O4S. The van der Waals surface area contributed by atoms with E-state index < -0.39 is 28.5 Å². The number of carbonyl (C=O) groups is 2. The second-order valence-corrected chi connectivity index (χ2v) is 12.2. The minimum absolute atomic E-state index is 0.00354. The molecule has 202 valence electrons. The molecule has 0 aliphatic rings. The summed E-state index contributed by atoms with van der Waals surface area (Å²) in [5.41, 5.74) is 0.899. The van der Waals surface area contributed by atoms with Crippen LogP contribution in [0.1, 0.15) is 25.8 Å². The number of amides is 2. The van der Waals surface area contributed by atoms with Crippen LogP contribution in [0.4, 0.5) is 5.69 Å². The molecule has 1 N–H and O–H groups in total. The van der Waals surface area contributed by atoms with Crippen LogP contribution in [0.3, 0.4) is 0 Å². The van der Waals surface area contributed by atoms with E-state index in [1.165, 1.54) is 35.2 Å². The highest BCUT2D eigenvalue weighted by Crippen LogP contribution is 2.30. The first kappa shape index (κ1) is 30.0. The van der Waals surface area contributed by atoms with Crippen LogP contribution in [0.2, 0.25) is 10.0 Å². The molecule has 1 atom stereocenters. The van der Waals surface area contributed by atoms with Crippen LogP contribution in [0.15, 0.2) is 82.2 Å². The molecule has 0 fully saturated rings. The number of sulfonamides is 1. The second kappa shape index (κ2) is 13.5. The van der Waals surface area contributed by atoms with Gasteiger partial charge in [-0.2, -0.15) is 0 Å². The Balaban J connectivity index is 2.04. The number of carbonyl (C=O) groups excluding carboxylic acids is 2. The zero-order chi connectivity index (χ0) is 27.9. The molecule has 0 aliphatic heterocycles. The molecule has 7 nitrogen and oxygen atoms in total. The van der Waals surface area contributed by atoms with Crippen molar-refractivity contribution in [1.29, 1.82) is 0 Å². The van der Waals surface area contributed by atoms with Gasteiger partial charge in [0.2, 0.25) is 11.8 Å². The fourth-order valence-corrected chi connectivity index (χ4v) is 6.12. The van der Waals surface area contributed by atoms with Crippen LogP contribution in [0.25, 0.3) is 0 Å². The maximum atomic E-state index is 13.8. The topological polar surface area (TPSA) is 86.8 Å².